The molecule has 8 heteroatoms. The number of sulfonamides is 1. The third-order valence-electron chi connectivity index (χ3n) is 5.39. The largest absolute Gasteiger partial charge is 0.424 e. The maximum absolute atomic E-state index is 13.1. The van der Waals surface area contributed by atoms with Gasteiger partial charge in [-0.1, -0.05) is 56.7 Å². The van der Waals surface area contributed by atoms with Gasteiger partial charge in [-0.15, -0.1) is 0 Å². The lowest BCUT2D eigenvalue weighted by Gasteiger charge is -2.19. The number of nitrogens with zero attached hydrogens (tertiary/aromatic N) is 3. The number of pyridine rings is 1. The summed E-state index contributed by atoms with van der Waals surface area (Å²) in [4.78, 5) is 13.8. The highest BCUT2D eigenvalue weighted by Crippen LogP contribution is 2.32. The summed E-state index contributed by atoms with van der Waals surface area (Å²) in [5.74, 6) is 0.744. The zero-order valence-corrected chi connectivity index (χ0v) is 21.0. The van der Waals surface area contributed by atoms with Crippen LogP contribution in [0.2, 0.25) is 0 Å². The molecule has 4 rings (SSSR count). The Bertz CT molecular complexity index is 1450. The monoisotopic (exact) mass is 476 g/mol. The highest BCUT2D eigenvalue weighted by molar-refractivity contribution is 7.92. The predicted octanol–water partition coefficient (Wildman–Crippen LogP) is 5.84. The van der Waals surface area contributed by atoms with E-state index in [-0.39, 0.29) is 22.1 Å². The zero-order chi connectivity index (χ0) is 24.7. The molecule has 0 aliphatic carbocycles. The molecule has 4 aromatic rings. The van der Waals surface area contributed by atoms with Crippen molar-refractivity contribution in [1.29, 1.82) is 0 Å². The van der Waals surface area contributed by atoms with Gasteiger partial charge < -0.3 is 4.74 Å². The number of nitrogens with one attached hydrogen (secondary N) is 1. The lowest BCUT2D eigenvalue weighted by Crippen LogP contribution is -2.16. The van der Waals surface area contributed by atoms with E-state index >= 15 is 0 Å². The maximum atomic E-state index is 13.1. The summed E-state index contributed by atoms with van der Waals surface area (Å²) >= 11 is 0. The third-order valence-corrected chi connectivity index (χ3v) is 6.75. The summed E-state index contributed by atoms with van der Waals surface area (Å²) in [7, 11) is -3.88. The second-order valence-corrected chi connectivity index (χ2v) is 11.1. The summed E-state index contributed by atoms with van der Waals surface area (Å²) in [6.07, 6.45) is 0. The van der Waals surface area contributed by atoms with Gasteiger partial charge in [-0.2, -0.15) is 9.97 Å². The van der Waals surface area contributed by atoms with Gasteiger partial charge in [0.05, 0.1) is 10.3 Å². The van der Waals surface area contributed by atoms with Gasteiger partial charge in [-0.25, -0.2) is 13.4 Å². The molecule has 34 heavy (non-hydrogen) atoms. The van der Waals surface area contributed by atoms with Crippen LogP contribution in [0.3, 0.4) is 0 Å². The molecule has 0 bridgehead atoms. The Balaban J connectivity index is 1.87. The molecule has 0 saturated carbocycles. The smallest absolute Gasteiger partial charge is 0.326 e. The van der Waals surface area contributed by atoms with Crippen molar-refractivity contribution in [3.8, 4) is 11.8 Å². The highest BCUT2D eigenvalue weighted by atomic mass is 32.2. The van der Waals surface area contributed by atoms with Crippen LogP contribution in [0, 0.1) is 20.8 Å². The van der Waals surface area contributed by atoms with Crippen LogP contribution in [0.15, 0.2) is 59.5 Å². The molecule has 0 unspecified atom stereocenters. The summed E-state index contributed by atoms with van der Waals surface area (Å²) in [6, 6.07) is 15.8. The van der Waals surface area contributed by atoms with Crippen molar-refractivity contribution in [1.82, 2.24) is 15.0 Å². The molecule has 0 aliphatic heterocycles. The van der Waals surface area contributed by atoms with E-state index in [0.717, 1.165) is 22.4 Å². The van der Waals surface area contributed by atoms with Crippen LogP contribution in [0.1, 0.15) is 43.2 Å². The van der Waals surface area contributed by atoms with Crippen LogP contribution in [0.25, 0.3) is 11.0 Å². The molecule has 0 amide bonds. The van der Waals surface area contributed by atoms with Gasteiger partial charge in [0, 0.05) is 11.1 Å². The van der Waals surface area contributed by atoms with E-state index in [1.54, 1.807) is 24.3 Å². The summed E-state index contributed by atoms with van der Waals surface area (Å²) < 4.78 is 34.8. The molecule has 7 nitrogen and oxygen atoms in total. The topological polar surface area (TPSA) is 94.1 Å². The Hall–Kier alpha value is -3.52. The van der Waals surface area contributed by atoms with E-state index in [2.05, 4.69) is 35.5 Å². The van der Waals surface area contributed by atoms with E-state index in [0.29, 0.717) is 16.8 Å². The van der Waals surface area contributed by atoms with E-state index in [1.807, 2.05) is 39.0 Å². The molecule has 0 radical (unpaired) electrons. The van der Waals surface area contributed by atoms with Crippen molar-refractivity contribution in [2.75, 3.05) is 4.72 Å². The third kappa shape index (κ3) is 4.87. The second kappa shape index (κ2) is 8.68. The predicted molar refractivity (Wildman–Crippen MR) is 134 cm³/mol. The number of ether oxygens (including phenoxy) is 1. The van der Waals surface area contributed by atoms with Crippen molar-refractivity contribution in [2.45, 2.75) is 51.9 Å². The molecule has 2 aromatic heterocycles. The standard InChI is InChI=1S/C26H28N4O3S/c1-16-14-17(2)22(18(3)15-16)33-25-28-23-20(12-13-21(27-23)26(4,5)6)24(29-25)30-34(31,32)19-10-8-7-9-11-19/h7-15H,1-6H3,(H,27,28,29,30). The number of hydrogen-bond donors (Lipinski definition) is 1. The SMILES string of the molecule is Cc1cc(C)c(Oc2nc(NS(=O)(=O)c3ccccc3)c3ccc(C(C)(C)C)nc3n2)c(C)c1. The minimum Gasteiger partial charge on any atom is -0.424 e. The Morgan fingerprint density at radius 1 is 0.853 bits per heavy atom. The molecular formula is C26H28N4O3S. The van der Waals surface area contributed by atoms with Crippen molar-refractivity contribution in [3.63, 3.8) is 0 Å². The van der Waals surface area contributed by atoms with Crippen LogP contribution in [-0.2, 0) is 15.4 Å². The van der Waals surface area contributed by atoms with Crippen LogP contribution in [-0.4, -0.2) is 23.4 Å². The van der Waals surface area contributed by atoms with Gasteiger partial charge in [0.2, 0.25) is 0 Å². The quantitative estimate of drug-likeness (QED) is 0.389. The average Bonchev–Trinajstić information content (AvgIpc) is 2.75. The first-order valence-electron chi connectivity index (χ1n) is 11.0. The molecule has 176 valence electrons. The first-order chi connectivity index (χ1) is 15.9. The van der Waals surface area contributed by atoms with Crippen LogP contribution < -0.4 is 9.46 Å². The molecule has 2 aromatic carbocycles. The minimum absolute atomic E-state index is 0.0203. The van der Waals surface area contributed by atoms with Gasteiger partial charge in [0.25, 0.3) is 10.0 Å². The van der Waals surface area contributed by atoms with Gasteiger partial charge in [-0.05, 0) is 56.2 Å². The Morgan fingerprint density at radius 2 is 1.50 bits per heavy atom. The zero-order valence-electron chi connectivity index (χ0n) is 20.2. The second-order valence-electron chi connectivity index (χ2n) is 9.42. The van der Waals surface area contributed by atoms with Crippen LogP contribution in [0.4, 0.5) is 5.82 Å². The van der Waals surface area contributed by atoms with Crippen LogP contribution in [0.5, 0.6) is 11.8 Å². The Kier molecular flexibility index (Phi) is 6.03. The van der Waals surface area contributed by atoms with Crippen molar-refractivity contribution >= 4 is 26.9 Å². The van der Waals surface area contributed by atoms with Crippen molar-refractivity contribution in [3.05, 3.63) is 77.0 Å². The molecule has 2 heterocycles. The lowest BCUT2D eigenvalue weighted by atomic mass is 9.91. The van der Waals surface area contributed by atoms with Crippen molar-refractivity contribution in [2.24, 2.45) is 0 Å². The molecule has 0 spiro atoms. The van der Waals surface area contributed by atoms with Gasteiger partial charge >= 0.3 is 6.01 Å². The molecule has 0 aliphatic rings. The van der Waals surface area contributed by atoms with E-state index in [1.165, 1.54) is 12.1 Å². The number of aromatic nitrogens is 3. The van der Waals surface area contributed by atoms with Gasteiger partial charge in [0.15, 0.2) is 11.5 Å². The first-order valence-corrected chi connectivity index (χ1v) is 12.5. The summed E-state index contributed by atoms with van der Waals surface area (Å²) in [5.41, 5.74) is 3.95. The van der Waals surface area contributed by atoms with E-state index in [4.69, 9.17) is 9.72 Å². The molecular weight excluding hydrogens is 448 g/mol. The number of hydrogen-bond acceptors (Lipinski definition) is 6. The Labute approximate surface area is 200 Å². The summed E-state index contributed by atoms with van der Waals surface area (Å²) in [5, 5.41) is 0.484. The lowest BCUT2D eigenvalue weighted by molar-refractivity contribution is 0.438. The van der Waals surface area contributed by atoms with Crippen LogP contribution >= 0.6 is 0 Å². The molecule has 0 saturated heterocycles. The fourth-order valence-electron chi connectivity index (χ4n) is 3.74. The molecule has 0 atom stereocenters. The summed E-state index contributed by atoms with van der Waals surface area (Å²) in [6.45, 7) is 12.1. The molecule has 0 fully saturated rings. The highest BCUT2D eigenvalue weighted by Gasteiger charge is 2.22. The van der Waals surface area contributed by atoms with E-state index in [9.17, 15) is 8.42 Å². The normalized spacial score (nSPS) is 12.1. The fraction of sp³-hybridized carbons (Fsp3) is 0.269. The number of rotatable bonds is 5. The number of aryl methyl sites for hydroxylation is 3. The number of fused-ring (bicyclic) bond motifs is 1. The maximum Gasteiger partial charge on any atom is 0.326 e. The number of anilines is 1. The van der Waals surface area contributed by atoms with Gasteiger partial charge in [0.1, 0.15) is 5.75 Å². The minimum atomic E-state index is -3.88. The Morgan fingerprint density at radius 3 is 2.12 bits per heavy atom. The average molecular weight is 477 g/mol. The van der Waals surface area contributed by atoms with Gasteiger partial charge in [-0.3, -0.25) is 4.72 Å². The first kappa shape index (κ1) is 23.6. The fourth-order valence-corrected chi connectivity index (χ4v) is 4.78. The number of benzene rings is 2. The van der Waals surface area contributed by atoms with Crippen molar-refractivity contribution < 1.29 is 13.2 Å². The molecule has 1 N–H and O–H groups in total. The van der Waals surface area contributed by atoms with E-state index < -0.39 is 10.0 Å².